The molecule has 2 aromatic rings. The van der Waals surface area contributed by atoms with Gasteiger partial charge in [-0.1, -0.05) is 44.2 Å². The predicted octanol–water partition coefficient (Wildman–Crippen LogP) is 2.11. The van der Waals surface area contributed by atoms with E-state index >= 15 is 0 Å². The zero-order chi connectivity index (χ0) is 20.6. The van der Waals surface area contributed by atoms with Gasteiger partial charge in [0.2, 0.25) is 0 Å². The number of hydrogen-bond acceptors (Lipinski definition) is 5. The topological polar surface area (TPSA) is 82.3 Å². The van der Waals surface area contributed by atoms with Crippen LogP contribution in [0, 0.1) is 5.92 Å². The number of ether oxygens (including phenoxy) is 1. The fourth-order valence-electron chi connectivity index (χ4n) is 3.46. The molecule has 7 heteroatoms. The molecule has 3 rings (SSSR count). The van der Waals surface area contributed by atoms with Crippen LogP contribution in [0.15, 0.2) is 51.2 Å². The maximum Gasteiger partial charge on any atom is 0.336 e. The second kappa shape index (κ2) is 7.50. The lowest BCUT2D eigenvalue weighted by Crippen LogP contribution is -2.43. The van der Waals surface area contributed by atoms with E-state index in [9.17, 15) is 14.4 Å². The molecule has 1 aromatic heterocycles. The van der Waals surface area contributed by atoms with Crippen LogP contribution in [0.25, 0.3) is 0 Å². The average molecular weight is 383 g/mol. The number of hydrogen-bond donors (Lipinski definition) is 1. The first-order valence-electron chi connectivity index (χ1n) is 9.23. The van der Waals surface area contributed by atoms with E-state index in [0.29, 0.717) is 22.7 Å². The van der Waals surface area contributed by atoms with Crippen molar-refractivity contribution in [2.75, 3.05) is 11.9 Å². The van der Waals surface area contributed by atoms with Gasteiger partial charge in [-0.2, -0.15) is 0 Å². The van der Waals surface area contributed by atoms with Crippen molar-refractivity contribution < 1.29 is 9.53 Å². The van der Waals surface area contributed by atoms with Crippen molar-refractivity contribution in [1.29, 1.82) is 0 Å². The second-order valence-electron chi connectivity index (χ2n) is 7.47. The van der Waals surface area contributed by atoms with E-state index in [1.807, 2.05) is 44.2 Å². The molecule has 2 heterocycles. The Morgan fingerprint density at radius 1 is 1.14 bits per heavy atom. The molecule has 0 spiro atoms. The summed E-state index contributed by atoms with van der Waals surface area (Å²) in [5.74, 6) is -0.492. The van der Waals surface area contributed by atoms with E-state index in [0.717, 1.165) is 10.1 Å². The first-order valence-corrected chi connectivity index (χ1v) is 9.23. The Balaban J connectivity index is 2.27. The van der Waals surface area contributed by atoms with Gasteiger partial charge in [0.05, 0.1) is 23.7 Å². The molecule has 0 bridgehead atoms. The van der Waals surface area contributed by atoms with E-state index in [4.69, 9.17) is 4.74 Å². The summed E-state index contributed by atoms with van der Waals surface area (Å²) in [6.07, 6.45) is 0. The number of carbonyl (C=O) groups excluding carboxylic acids is 1. The van der Waals surface area contributed by atoms with Gasteiger partial charge < -0.3 is 10.1 Å². The van der Waals surface area contributed by atoms with Gasteiger partial charge in [-0.15, -0.1) is 0 Å². The fourth-order valence-corrected chi connectivity index (χ4v) is 3.46. The van der Waals surface area contributed by atoms with Gasteiger partial charge >= 0.3 is 11.7 Å². The molecule has 1 aliphatic heterocycles. The minimum absolute atomic E-state index is 0.192. The summed E-state index contributed by atoms with van der Waals surface area (Å²) in [4.78, 5) is 38.4. The molecule has 0 saturated heterocycles. The van der Waals surface area contributed by atoms with Crippen LogP contribution in [0.2, 0.25) is 0 Å². The molecular formula is C21H25N3O4. The van der Waals surface area contributed by atoms with Crippen LogP contribution in [-0.4, -0.2) is 21.7 Å². The van der Waals surface area contributed by atoms with Crippen molar-refractivity contribution in [1.82, 2.24) is 9.13 Å². The Morgan fingerprint density at radius 2 is 1.79 bits per heavy atom. The summed E-state index contributed by atoms with van der Waals surface area (Å²) < 4.78 is 7.95. The van der Waals surface area contributed by atoms with E-state index in [2.05, 4.69) is 5.32 Å². The Kier molecular flexibility index (Phi) is 5.27. The first kappa shape index (κ1) is 19.7. The molecular weight excluding hydrogens is 358 g/mol. The zero-order valence-corrected chi connectivity index (χ0v) is 16.8. The molecule has 28 heavy (non-hydrogen) atoms. The minimum Gasteiger partial charge on any atom is -0.462 e. The number of aromatic nitrogens is 2. The summed E-state index contributed by atoms with van der Waals surface area (Å²) in [6, 6.07) is 9.32. The van der Waals surface area contributed by atoms with Crippen LogP contribution in [0.5, 0.6) is 0 Å². The predicted molar refractivity (Wildman–Crippen MR) is 107 cm³/mol. The van der Waals surface area contributed by atoms with Crippen LogP contribution in [0.3, 0.4) is 0 Å². The number of anilines is 1. The summed E-state index contributed by atoms with van der Waals surface area (Å²) in [6.45, 7) is 5.97. The molecule has 7 nitrogen and oxygen atoms in total. The van der Waals surface area contributed by atoms with Gasteiger partial charge in [0.15, 0.2) is 0 Å². The number of benzene rings is 1. The van der Waals surface area contributed by atoms with Crippen molar-refractivity contribution in [2.24, 2.45) is 20.0 Å². The second-order valence-corrected chi connectivity index (χ2v) is 7.47. The van der Waals surface area contributed by atoms with E-state index in [-0.39, 0.29) is 12.5 Å². The van der Waals surface area contributed by atoms with E-state index < -0.39 is 23.1 Å². The normalized spacial score (nSPS) is 16.0. The Morgan fingerprint density at radius 3 is 2.39 bits per heavy atom. The summed E-state index contributed by atoms with van der Waals surface area (Å²) in [5, 5.41) is 3.08. The molecule has 148 valence electrons. The highest BCUT2D eigenvalue weighted by molar-refractivity contribution is 5.94. The zero-order valence-electron chi connectivity index (χ0n) is 16.8. The van der Waals surface area contributed by atoms with Gasteiger partial charge in [0.1, 0.15) is 5.82 Å². The van der Waals surface area contributed by atoms with Crippen LogP contribution in [0.4, 0.5) is 5.82 Å². The molecule has 0 aliphatic carbocycles. The van der Waals surface area contributed by atoms with Crippen LogP contribution >= 0.6 is 0 Å². The van der Waals surface area contributed by atoms with Gasteiger partial charge in [0, 0.05) is 19.8 Å². The molecule has 0 fully saturated rings. The third-order valence-corrected chi connectivity index (χ3v) is 4.89. The Hall–Kier alpha value is -3.09. The van der Waals surface area contributed by atoms with Crippen molar-refractivity contribution >= 4 is 11.8 Å². The van der Waals surface area contributed by atoms with Crippen molar-refractivity contribution in [3.05, 3.63) is 73.6 Å². The average Bonchev–Trinajstić information content (AvgIpc) is 2.68. The third-order valence-electron chi connectivity index (χ3n) is 4.89. The fraction of sp³-hybridized carbons (Fsp3) is 0.381. The minimum atomic E-state index is -0.623. The number of fused-ring (bicyclic) bond motifs is 1. The lowest BCUT2D eigenvalue weighted by atomic mass is 9.82. The molecule has 0 amide bonds. The molecule has 1 unspecified atom stereocenters. The first-order chi connectivity index (χ1) is 13.2. The molecule has 1 atom stereocenters. The summed E-state index contributed by atoms with van der Waals surface area (Å²) in [5.41, 5.74) is 1.24. The SMILES string of the molecule is CC1=C(C(=O)OCC(C)C)C(c2ccccc2)c2c(n(C)c(=O)n(C)c2=O)N1. The highest BCUT2D eigenvalue weighted by atomic mass is 16.5. The van der Waals surface area contributed by atoms with E-state index in [1.54, 1.807) is 14.0 Å². The molecule has 1 aliphatic rings. The lowest BCUT2D eigenvalue weighted by Gasteiger charge is -2.31. The highest BCUT2D eigenvalue weighted by Crippen LogP contribution is 2.39. The van der Waals surface area contributed by atoms with Gasteiger partial charge in [0.25, 0.3) is 5.56 Å². The number of rotatable bonds is 4. The van der Waals surface area contributed by atoms with Crippen molar-refractivity contribution in [3.63, 3.8) is 0 Å². The number of nitrogens with one attached hydrogen (secondary N) is 1. The molecule has 1 N–H and O–H groups in total. The van der Waals surface area contributed by atoms with Gasteiger partial charge in [-0.25, -0.2) is 9.59 Å². The van der Waals surface area contributed by atoms with Gasteiger partial charge in [-0.3, -0.25) is 13.9 Å². The standard InChI is InChI=1S/C21H25N3O4/c1-12(2)11-28-20(26)15-13(3)22-18-17(16(15)14-9-7-6-8-10-14)19(25)24(5)21(27)23(18)4/h6-10,12,16,22H,11H2,1-5H3. The van der Waals surface area contributed by atoms with Crippen LogP contribution in [0.1, 0.15) is 37.8 Å². The lowest BCUT2D eigenvalue weighted by molar-refractivity contribution is -0.140. The molecule has 0 saturated carbocycles. The maximum atomic E-state index is 13.0. The van der Waals surface area contributed by atoms with Crippen LogP contribution < -0.4 is 16.6 Å². The number of carbonyl (C=O) groups is 1. The number of esters is 1. The third kappa shape index (κ3) is 3.28. The van der Waals surface area contributed by atoms with E-state index in [1.165, 1.54) is 11.6 Å². The quantitative estimate of drug-likeness (QED) is 0.818. The van der Waals surface area contributed by atoms with Crippen molar-refractivity contribution in [3.8, 4) is 0 Å². The number of allylic oxidation sites excluding steroid dienone is 1. The number of nitrogens with zero attached hydrogens (tertiary/aromatic N) is 2. The molecule has 1 aromatic carbocycles. The monoisotopic (exact) mass is 383 g/mol. The summed E-state index contributed by atoms with van der Waals surface area (Å²) in [7, 11) is 3.04. The van der Waals surface area contributed by atoms with Gasteiger partial charge in [-0.05, 0) is 18.4 Å². The Labute approximate surface area is 163 Å². The Bertz CT molecular complexity index is 1060. The largest absolute Gasteiger partial charge is 0.462 e. The van der Waals surface area contributed by atoms with Crippen molar-refractivity contribution in [2.45, 2.75) is 26.7 Å². The van der Waals surface area contributed by atoms with Crippen LogP contribution in [-0.2, 0) is 23.6 Å². The summed E-state index contributed by atoms with van der Waals surface area (Å²) >= 11 is 0. The maximum absolute atomic E-state index is 13.0. The smallest absolute Gasteiger partial charge is 0.336 e. The highest BCUT2D eigenvalue weighted by Gasteiger charge is 2.37. The molecule has 0 radical (unpaired) electrons.